The Morgan fingerprint density at radius 3 is 2.67 bits per heavy atom. The average molecular weight is 598 g/mol. The summed E-state index contributed by atoms with van der Waals surface area (Å²) < 4.78 is 5.82. The van der Waals surface area contributed by atoms with E-state index in [4.69, 9.17) is 4.74 Å². The maximum atomic E-state index is 13.3. The number of nitrogens with one attached hydrogen (secondary N) is 3. The van der Waals surface area contributed by atoms with E-state index in [-0.39, 0.29) is 23.7 Å². The third-order valence-electron chi connectivity index (χ3n) is 8.21. The summed E-state index contributed by atoms with van der Waals surface area (Å²) in [5.41, 5.74) is 5.89. The van der Waals surface area contributed by atoms with Gasteiger partial charge < -0.3 is 15.2 Å². The van der Waals surface area contributed by atoms with Gasteiger partial charge in [-0.25, -0.2) is 5.43 Å². The number of hydrogen-bond acceptors (Lipinski definition) is 8. The highest BCUT2D eigenvalue weighted by Gasteiger charge is 2.34. The third kappa shape index (κ3) is 9.98. The van der Waals surface area contributed by atoms with Gasteiger partial charge in [0.25, 0.3) is 5.91 Å². The number of aliphatic imine (C=N–C) groups is 1. The summed E-state index contributed by atoms with van der Waals surface area (Å²) in [5, 5.41) is 18.2. The smallest absolute Gasteiger partial charge is 0.325 e. The largest absolute Gasteiger partial charge is 0.457 e. The van der Waals surface area contributed by atoms with Gasteiger partial charge in [0, 0.05) is 25.4 Å². The number of aliphatic hydroxyl groups is 1. The van der Waals surface area contributed by atoms with Gasteiger partial charge in [-0.2, -0.15) is 0 Å². The Balaban J connectivity index is 1.52. The van der Waals surface area contributed by atoms with Gasteiger partial charge in [0.05, 0.1) is 17.8 Å². The quantitative estimate of drug-likeness (QED) is 0.129. The fourth-order valence-corrected chi connectivity index (χ4v) is 5.48. The van der Waals surface area contributed by atoms with Gasteiger partial charge in [0.2, 0.25) is 5.91 Å². The Morgan fingerprint density at radius 1 is 1.21 bits per heavy atom. The van der Waals surface area contributed by atoms with E-state index in [0.29, 0.717) is 32.4 Å². The van der Waals surface area contributed by atoms with Crippen LogP contribution in [0.5, 0.6) is 0 Å². The van der Waals surface area contributed by atoms with Gasteiger partial charge in [-0.1, -0.05) is 64.8 Å². The van der Waals surface area contributed by atoms with Crippen molar-refractivity contribution in [3.63, 3.8) is 0 Å². The molecule has 1 fully saturated rings. The molecule has 0 radical (unpaired) electrons. The van der Waals surface area contributed by atoms with Gasteiger partial charge in [-0.15, -0.1) is 0 Å². The van der Waals surface area contributed by atoms with Crippen LogP contribution in [0, 0.1) is 11.8 Å². The molecule has 0 aromatic rings. The van der Waals surface area contributed by atoms with E-state index in [1.807, 2.05) is 39.0 Å². The second-order valence-electron chi connectivity index (χ2n) is 12.1. The van der Waals surface area contributed by atoms with Crippen LogP contribution in [0.15, 0.2) is 53.1 Å². The Kier molecular flexibility index (Phi) is 13.3. The summed E-state index contributed by atoms with van der Waals surface area (Å²) in [5.74, 6) is -0.662. The average Bonchev–Trinajstić information content (AvgIpc) is 3.00. The van der Waals surface area contributed by atoms with E-state index in [1.165, 1.54) is 5.01 Å². The molecular weight excluding hydrogens is 546 g/mol. The molecule has 3 aliphatic rings. The van der Waals surface area contributed by atoms with Gasteiger partial charge in [-0.05, 0) is 62.3 Å². The predicted molar refractivity (Wildman–Crippen MR) is 169 cm³/mol. The first-order valence-electron chi connectivity index (χ1n) is 15.8. The van der Waals surface area contributed by atoms with E-state index in [9.17, 15) is 19.5 Å². The van der Waals surface area contributed by atoms with Crippen LogP contribution >= 0.6 is 0 Å². The van der Waals surface area contributed by atoms with Crippen LogP contribution in [-0.2, 0) is 19.1 Å². The Labute approximate surface area is 256 Å². The van der Waals surface area contributed by atoms with Crippen LogP contribution in [-0.4, -0.2) is 77.2 Å². The van der Waals surface area contributed by atoms with Gasteiger partial charge >= 0.3 is 5.97 Å². The van der Waals surface area contributed by atoms with Crippen molar-refractivity contribution in [3.05, 3.63) is 48.1 Å². The highest BCUT2D eigenvalue weighted by Crippen LogP contribution is 2.28. The number of rotatable bonds is 15. The second kappa shape index (κ2) is 16.7. The van der Waals surface area contributed by atoms with E-state index in [2.05, 4.69) is 40.6 Å². The maximum Gasteiger partial charge on any atom is 0.325 e. The Morgan fingerprint density at radius 2 is 1.98 bits per heavy atom. The number of amides is 2. The highest BCUT2D eigenvalue weighted by molar-refractivity contribution is 6.05. The number of hydrazine groups is 1. The van der Waals surface area contributed by atoms with Gasteiger partial charge in [0.15, 0.2) is 0 Å². The molecule has 10 nitrogen and oxygen atoms in total. The fourth-order valence-electron chi connectivity index (χ4n) is 5.48. The first kappa shape index (κ1) is 34.4. The molecule has 3 rings (SSSR count). The summed E-state index contributed by atoms with van der Waals surface area (Å²) in [6.45, 7) is 14.4. The van der Waals surface area contributed by atoms with Crippen LogP contribution in [0.1, 0.15) is 79.6 Å². The molecule has 0 spiro atoms. The zero-order valence-corrected chi connectivity index (χ0v) is 26.5. The van der Waals surface area contributed by atoms with E-state index >= 15 is 0 Å². The molecule has 1 saturated heterocycles. The number of unbranched alkanes of at least 4 members (excludes halogenated alkanes) is 3. The lowest BCUT2D eigenvalue weighted by Crippen LogP contribution is -2.62. The van der Waals surface area contributed by atoms with Crippen LogP contribution in [0.2, 0.25) is 0 Å². The number of hydrogen-bond donors (Lipinski definition) is 4. The number of nitrogens with zero attached hydrogens (tertiary/aromatic N) is 2. The van der Waals surface area contributed by atoms with Gasteiger partial charge in [-0.3, -0.25) is 29.7 Å². The molecule has 0 aromatic carbocycles. The van der Waals surface area contributed by atoms with E-state index < -0.39 is 36.4 Å². The SMILES string of the molecule is C=CC1=NCC2C=CC([C@@H](C)OC(=O)C3CCCN(C(=O)C(C)NC(O)[C@@H](NC(=O)CCCCCC)C(C)C)N3)=CC2=C1. The van der Waals surface area contributed by atoms with Crippen molar-refractivity contribution >= 4 is 23.5 Å². The van der Waals surface area contributed by atoms with Crippen molar-refractivity contribution in [2.24, 2.45) is 16.8 Å². The second-order valence-corrected chi connectivity index (χ2v) is 12.1. The molecule has 10 heteroatoms. The Bertz CT molecular complexity index is 1130. The van der Waals surface area contributed by atoms with Gasteiger partial charge in [0.1, 0.15) is 18.4 Å². The molecule has 2 heterocycles. The number of aliphatic hydroxyl groups excluding tert-OH is 1. The van der Waals surface area contributed by atoms with Crippen molar-refractivity contribution in [2.45, 2.75) is 110 Å². The number of ether oxygens (including phenoxy) is 1. The maximum absolute atomic E-state index is 13.3. The molecule has 4 unspecified atom stereocenters. The number of fused-ring (bicyclic) bond motifs is 1. The zero-order valence-electron chi connectivity index (χ0n) is 26.5. The molecule has 0 bridgehead atoms. The summed E-state index contributed by atoms with van der Waals surface area (Å²) in [4.78, 5) is 43.3. The molecule has 6 atom stereocenters. The summed E-state index contributed by atoms with van der Waals surface area (Å²) in [6, 6.07) is -1.97. The summed E-state index contributed by atoms with van der Waals surface area (Å²) in [6.07, 6.45) is 13.8. The molecule has 238 valence electrons. The standard InChI is InChI=1S/C33H51N5O5/c1-7-9-10-11-14-29(39)36-30(21(3)4)31(40)35-22(5)32(41)38-17-12-13-28(37-38)33(42)43-23(6)24-15-16-25-20-34-27(8-2)19-26(25)18-24/h8,15-16,18-19,21-23,25,28,30-31,35,37,40H,2,7,9-14,17,20H2,1,3-6H3,(H,36,39)/t22?,23-,25?,28?,30+,31?/m1/s1. The van der Waals surface area contributed by atoms with E-state index in [0.717, 1.165) is 42.5 Å². The minimum atomic E-state index is -1.12. The highest BCUT2D eigenvalue weighted by atomic mass is 16.5. The number of allylic oxidation sites excluding steroid dienone is 3. The first-order chi connectivity index (χ1) is 20.5. The normalized spacial score (nSPS) is 22.8. The summed E-state index contributed by atoms with van der Waals surface area (Å²) >= 11 is 0. The van der Waals surface area contributed by atoms with Crippen molar-refractivity contribution in [2.75, 3.05) is 13.1 Å². The topological polar surface area (TPSA) is 132 Å². The van der Waals surface area contributed by atoms with Crippen LogP contribution in [0.4, 0.5) is 0 Å². The third-order valence-corrected chi connectivity index (χ3v) is 8.21. The minimum Gasteiger partial charge on any atom is -0.457 e. The van der Waals surface area contributed by atoms with Crippen LogP contribution in [0.25, 0.3) is 0 Å². The number of carbonyl (C=O) groups excluding carboxylic acids is 3. The lowest BCUT2D eigenvalue weighted by molar-refractivity contribution is -0.155. The van der Waals surface area contributed by atoms with Crippen LogP contribution < -0.4 is 16.1 Å². The molecule has 2 aliphatic heterocycles. The number of carbonyl (C=O) groups is 3. The molecule has 1 aliphatic carbocycles. The molecular formula is C33H51N5O5. The van der Waals surface area contributed by atoms with Crippen molar-refractivity contribution in [1.82, 2.24) is 21.1 Å². The molecule has 0 saturated carbocycles. The molecule has 0 aromatic heterocycles. The van der Waals surface area contributed by atoms with Crippen LogP contribution in [0.3, 0.4) is 0 Å². The van der Waals surface area contributed by atoms with Crippen molar-refractivity contribution < 1.29 is 24.2 Å². The molecule has 43 heavy (non-hydrogen) atoms. The number of dihydropyridines is 1. The number of esters is 1. The van der Waals surface area contributed by atoms with Crippen molar-refractivity contribution in [3.8, 4) is 0 Å². The zero-order chi connectivity index (χ0) is 31.5. The Hall–Kier alpha value is -3.08. The summed E-state index contributed by atoms with van der Waals surface area (Å²) in [7, 11) is 0. The lowest BCUT2D eigenvalue weighted by Gasteiger charge is -2.36. The fraction of sp³-hybridized carbons (Fsp3) is 0.636. The monoisotopic (exact) mass is 597 g/mol. The lowest BCUT2D eigenvalue weighted by atomic mass is 9.87. The predicted octanol–water partition coefficient (Wildman–Crippen LogP) is 3.50. The van der Waals surface area contributed by atoms with Crippen molar-refractivity contribution in [1.29, 1.82) is 0 Å². The molecule has 2 amide bonds. The molecule has 4 N–H and O–H groups in total. The minimum absolute atomic E-state index is 0.0507. The first-order valence-corrected chi connectivity index (χ1v) is 15.8. The van der Waals surface area contributed by atoms with E-state index in [1.54, 1.807) is 13.0 Å².